The topological polar surface area (TPSA) is 65.9 Å². The number of alkyl halides is 2. The van der Waals surface area contributed by atoms with Crippen LogP contribution in [0.2, 0.25) is 0 Å². The van der Waals surface area contributed by atoms with E-state index in [4.69, 9.17) is 0 Å². The minimum absolute atomic E-state index is 0.0336. The second-order valence-corrected chi connectivity index (χ2v) is 14.5. The van der Waals surface area contributed by atoms with Crippen LogP contribution in [0.5, 0.6) is 0 Å². The maximum Gasteiger partial charge on any atom is 0.254 e. The highest BCUT2D eigenvalue weighted by molar-refractivity contribution is 7.91. The average molecular weight is 573 g/mol. The maximum atomic E-state index is 14.4. The standard InChI is InChI=1S/C29H34F2N4O2S2/c1-20-5-8-23(9-6-20)39(37,32-2)35-15-3-4-25(35)27(36)34(17-21-7-10-26-24(16-21)33-19-38-26)22-11-13-28(14-12-22)18-29(28,30)31/h5-10,16,19,22,25H,3-4,11-15,17-18H2,1-2H3/t22?,25-,28?,39+/m0/s1. The van der Waals surface area contributed by atoms with Crippen molar-refractivity contribution in [3.05, 3.63) is 59.1 Å². The Bertz CT molecular complexity index is 1500. The van der Waals surface area contributed by atoms with Crippen LogP contribution in [0.25, 0.3) is 10.2 Å². The van der Waals surface area contributed by atoms with E-state index in [0.717, 1.165) is 27.8 Å². The van der Waals surface area contributed by atoms with Gasteiger partial charge in [0, 0.05) is 38.0 Å². The fourth-order valence-electron chi connectivity index (χ4n) is 6.51. The molecule has 1 spiro atoms. The van der Waals surface area contributed by atoms with Gasteiger partial charge in [-0.05, 0) is 75.3 Å². The zero-order chi connectivity index (χ0) is 27.4. The molecule has 3 aromatic rings. The summed E-state index contributed by atoms with van der Waals surface area (Å²) in [5.41, 5.74) is 3.84. The van der Waals surface area contributed by atoms with Crippen molar-refractivity contribution in [3.8, 4) is 0 Å². The number of carbonyl (C=O) groups excluding carboxylic acids is 1. The molecule has 2 aromatic carbocycles. The third-order valence-corrected chi connectivity index (χ3v) is 12.2. The van der Waals surface area contributed by atoms with Gasteiger partial charge in [0.1, 0.15) is 16.0 Å². The van der Waals surface area contributed by atoms with Gasteiger partial charge < -0.3 is 4.90 Å². The molecule has 1 saturated heterocycles. The summed E-state index contributed by atoms with van der Waals surface area (Å²) in [7, 11) is -1.42. The molecule has 1 aliphatic heterocycles. The summed E-state index contributed by atoms with van der Waals surface area (Å²) in [6.07, 6.45) is 3.27. The fourth-order valence-corrected chi connectivity index (χ4v) is 9.27. The monoisotopic (exact) mass is 572 g/mol. The molecule has 2 heterocycles. The predicted octanol–water partition coefficient (Wildman–Crippen LogP) is 6.44. The Hall–Kier alpha value is -2.43. The molecule has 1 aromatic heterocycles. The molecule has 2 aliphatic carbocycles. The summed E-state index contributed by atoms with van der Waals surface area (Å²) in [6, 6.07) is 12.8. The minimum Gasteiger partial charge on any atom is -0.334 e. The third kappa shape index (κ3) is 4.68. The van der Waals surface area contributed by atoms with E-state index in [1.165, 1.54) is 0 Å². The van der Waals surface area contributed by atoms with E-state index in [0.29, 0.717) is 50.1 Å². The molecule has 0 unspecified atom stereocenters. The van der Waals surface area contributed by atoms with Gasteiger partial charge in [-0.15, -0.1) is 11.3 Å². The first-order chi connectivity index (χ1) is 18.7. The lowest BCUT2D eigenvalue weighted by Crippen LogP contribution is -2.51. The second kappa shape index (κ2) is 9.89. The summed E-state index contributed by atoms with van der Waals surface area (Å²) in [6.45, 7) is 2.86. The van der Waals surface area contributed by atoms with Crippen LogP contribution in [0.15, 0.2) is 57.2 Å². The molecule has 0 N–H and O–H groups in total. The normalized spacial score (nSPS) is 27.9. The number of carbonyl (C=O) groups is 1. The van der Waals surface area contributed by atoms with Crippen LogP contribution in [0.4, 0.5) is 8.78 Å². The summed E-state index contributed by atoms with van der Waals surface area (Å²) in [4.78, 5) is 21.3. The number of benzene rings is 2. The van der Waals surface area contributed by atoms with Gasteiger partial charge >= 0.3 is 0 Å². The number of halogens is 2. The number of hydrogen-bond acceptors (Lipinski definition) is 5. The van der Waals surface area contributed by atoms with Crippen LogP contribution in [0, 0.1) is 12.3 Å². The Morgan fingerprint density at radius 1 is 1.18 bits per heavy atom. The molecule has 2 saturated carbocycles. The van der Waals surface area contributed by atoms with Crippen LogP contribution in [-0.4, -0.2) is 55.9 Å². The largest absolute Gasteiger partial charge is 0.334 e. The molecule has 39 heavy (non-hydrogen) atoms. The molecule has 1 amide bonds. The Morgan fingerprint density at radius 3 is 2.56 bits per heavy atom. The first-order valence-corrected chi connectivity index (χ1v) is 16.0. The first kappa shape index (κ1) is 26.8. The molecular formula is C29H34F2N4O2S2. The zero-order valence-corrected chi connectivity index (χ0v) is 23.9. The van der Waals surface area contributed by atoms with Crippen molar-refractivity contribution < 1.29 is 17.8 Å². The van der Waals surface area contributed by atoms with E-state index in [-0.39, 0.29) is 18.4 Å². The summed E-state index contributed by atoms with van der Waals surface area (Å²) < 4.78 is 49.8. The van der Waals surface area contributed by atoms with Gasteiger partial charge in [-0.2, -0.15) is 0 Å². The van der Waals surface area contributed by atoms with Crippen molar-refractivity contribution in [2.45, 2.75) is 81.3 Å². The Morgan fingerprint density at radius 2 is 1.90 bits per heavy atom. The first-order valence-electron chi connectivity index (χ1n) is 13.6. The summed E-state index contributed by atoms with van der Waals surface area (Å²) in [5, 5.41) is 0. The highest BCUT2D eigenvalue weighted by Crippen LogP contribution is 2.67. The van der Waals surface area contributed by atoms with Gasteiger partial charge in [0.15, 0.2) is 0 Å². The van der Waals surface area contributed by atoms with Gasteiger partial charge in [-0.3, -0.25) is 4.79 Å². The number of nitrogens with zero attached hydrogens (tertiary/aromatic N) is 4. The van der Waals surface area contributed by atoms with Crippen LogP contribution in [0.3, 0.4) is 0 Å². The number of amides is 1. The van der Waals surface area contributed by atoms with Gasteiger partial charge in [-0.25, -0.2) is 26.6 Å². The number of hydrogen-bond donors (Lipinski definition) is 0. The van der Waals surface area contributed by atoms with Crippen LogP contribution < -0.4 is 0 Å². The van der Waals surface area contributed by atoms with Gasteiger partial charge in [0.25, 0.3) is 5.92 Å². The SMILES string of the molecule is CN=[S@](=O)(c1ccc(C)cc1)N1CCC[C@H]1C(=O)N(Cc1ccc2scnc2c1)C1CCC2(CC1)CC2(F)F. The lowest BCUT2D eigenvalue weighted by molar-refractivity contribution is -0.139. The van der Waals surface area contributed by atoms with Crippen molar-refractivity contribution >= 4 is 37.4 Å². The number of aromatic nitrogens is 1. The van der Waals surface area contributed by atoms with E-state index < -0.39 is 27.3 Å². The Balaban J connectivity index is 1.30. The molecule has 10 heteroatoms. The molecule has 6 rings (SSSR count). The minimum atomic E-state index is -2.97. The maximum absolute atomic E-state index is 14.4. The van der Waals surface area contributed by atoms with Crippen molar-refractivity contribution in [1.29, 1.82) is 0 Å². The summed E-state index contributed by atoms with van der Waals surface area (Å²) >= 11 is 1.57. The average Bonchev–Trinajstić information content (AvgIpc) is 3.37. The van der Waals surface area contributed by atoms with E-state index in [9.17, 15) is 17.8 Å². The third-order valence-electron chi connectivity index (χ3n) is 8.98. The van der Waals surface area contributed by atoms with E-state index in [2.05, 4.69) is 9.35 Å². The Kier molecular flexibility index (Phi) is 6.79. The van der Waals surface area contributed by atoms with Crippen molar-refractivity contribution in [2.24, 2.45) is 9.78 Å². The second-order valence-electron chi connectivity index (χ2n) is 11.3. The highest BCUT2D eigenvalue weighted by Gasteiger charge is 2.70. The van der Waals surface area contributed by atoms with E-state index in [1.54, 1.807) is 28.2 Å². The number of thiazole rings is 1. The molecule has 208 valence electrons. The van der Waals surface area contributed by atoms with Crippen molar-refractivity contribution in [1.82, 2.24) is 14.2 Å². The molecule has 3 aliphatic rings. The molecule has 2 atom stereocenters. The van der Waals surface area contributed by atoms with Crippen LogP contribution in [-0.2, 0) is 21.3 Å². The van der Waals surface area contributed by atoms with Crippen LogP contribution in [0.1, 0.15) is 56.1 Å². The lowest BCUT2D eigenvalue weighted by atomic mass is 9.82. The molecule has 0 bridgehead atoms. The van der Waals surface area contributed by atoms with Crippen LogP contribution >= 0.6 is 11.3 Å². The predicted molar refractivity (Wildman–Crippen MR) is 150 cm³/mol. The quantitative estimate of drug-likeness (QED) is 0.342. The van der Waals surface area contributed by atoms with Gasteiger partial charge in [0.05, 0.1) is 20.6 Å². The summed E-state index contributed by atoms with van der Waals surface area (Å²) in [5.74, 6) is -2.66. The zero-order valence-electron chi connectivity index (χ0n) is 22.3. The smallest absolute Gasteiger partial charge is 0.254 e. The number of aryl methyl sites for hydroxylation is 1. The molecule has 3 fully saturated rings. The molecule has 0 radical (unpaired) electrons. The van der Waals surface area contributed by atoms with Gasteiger partial charge in [0.2, 0.25) is 5.91 Å². The van der Waals surface area contributed by atoms with Gasteiger partial charge in [-0.1, -0.05) is 23.8 Å². The molecular weight excluding hydrogens is 538 g/mol. The number of fused-ring (bicyclic) bond motifs is 1. The van der Waals surface area contributed by atoms with E-state index >= 15 is 0 Å². The fraction of sp³-hybridized carbons (Fsp3) is 0.517. The van der Waals surface area contributed by atoms with E-state index in [1.807, 2.05) is 54.3 Å². The van der Waals surface area contributed by atoms with Crippen molar-refractivity contribution in [3.63, 3.8) is 0 Å². The highest BCUT2D eigenvalue weighted by atomic mass is 32.2. The number of rotatable bonds is 6. The lowest BCUT2D eigenvalue weighted by Gasteiger charge is -2.40. The molecule has 6 nitrogen and oxygen atoms in total. The Labute approximate surface area is 232 Å². The van der Waals surface area contributed by atoms with Crippen molar-refractivity contribution in [2.75, 3.05) is 13.6 Å².